The Labute approximate surface area is 96.3 Å². The highest BCUT2D eigenvalue weighted by atomic mass is 15.0. The molecule has 0 radical (unpaired) electrons. The molecule has 0 fully saturated rings. The van der Waals surface area contributed by atoms with E-state index in [1.54, 1.807) is 6.20 Å². The van der Waals surface area contributed by atoms with Crippen molar-refractivity contribution in [2.45, 2.75) is 20.4 Å². The van der Waals surface area contributed by atoms with Gasteiger partial charge in [-0.25, -0.2) is 4.98 Å². The maximum Gasteiger partial charge on any atom is 0.0948 e. The molecule has 1 aromatic heterocycles. The van der Waals surface area contributed by atoms with Crippen LogP contribution in [0, 0.1) is 13.8 Å². The Morgan fingerprint density at radius 1 is 1.25 bits per heavy atom. The average Bonchev–Trinajstić information content (AvgIpc) is 2.76. The van der Waals surface area contributed by atoms with Gasteiger partial charge in [-0.2, -0.15) is 0 Å². The van der Waals surface area contributed by atoms with Gasteiger partial charge < -0.3 is 4.57 Å². The Morgan fingerprint density at radius 3 is 2.81 bits per heavy atom. The van der Waals surface area contributed by atoms with E-state index in [0.717, 1.165) is 6.54 Å². The molecule has 0 saturated carbocycles. The van der Waals surface area contributed by atoms with Crippen molar-refractivity contribution in [2.24, 2.45) is 0 Å². The maximum absolute atomic E-state index is 4.00. The molecule has 2 aromatic rings. The summed E-state index contributed by atoms with van der Waals surface area (Å²) in [7, 11) is 0. The number of rotatable bonds is 3. The van der Waals surface area contributed by atoms with Crippen LogP contribution in [0.3, 0.4) is 0 Å². The highest BCUT2D eigenvalue weighted by Gasteiger charge is 1.92. The molecule has 1 aromatic carbocycles. The fraction of sp³-hybridized carbons (Fsp3) is 0.214. The molecule has 2 nitrogen and oxygen atoms in total. The molecule has 0 unspecified atom stereocenters. The monoisotopic (exact) mass is 212 g/mol. The van der Waals surface area contributed by atoms with E-state index in [1.807, 2.05) is 17.1 Å². The van der Waals surface area contributed by atoms with Crippen LogP contribution in [0.25, 0.3) is 6.08 Å². The van der Waals surface area contributed by atoms with E-state index in [-0.39, 0.29) is 0 Å². The fourth-order valence-corrected chi connectivity index (χ4v) is 1.57. The highest BCUT2D eigenvalue weighted by molar-refractivity contribution is 5.51. The van der Waals surface area contributed by atoms with Crippen LogP contribution >= 0.6 is 0 Å². The van der Waals surface area contributed by atoms with E-state index < -0.39 is 0 Å². The molecule has 2 heteroatoms. The lowest BCUT2D eigenvalue weighted by Gasteiger charge is -2.01. The predicted octanol–water partition coefficient (Wildman–Crippen LogP) is 3.21. The van der Waals surface area contributed by atoms with E-state index in [4.69, 9.17) is 0 Å². The normalized spacial score (nSPS) is 11.1. The molecule has 16 heavy (non-hydrogen) atoms. The number of imidazole rings is 1. The zero-order valence-corrected chi connectivity index (χ0v) is 9.72. The van der Waals surface area contributed by atoms with Gasteiger partial charge in [0.25, 0.3) is 0 Å². The molecule has 0 aliphatic heterocycles. The number of benzene rings is 1. The second-order valence-electron chi connectivity index (χ2n) is 4.01. The number of aromatic nitrogens is 2. The smallest absolute Gasteiger partial charge is 0.0948 e. The van der Waals surface area contributed by atoms with Crippen LogP contribution in [0.4, 0.5) is 0 Å². The van der Waals surface area contributed by atoms with Gasteiger partial charge in [0.1, 0.15) is 0 Å². The van der Waals surface area contributed by atoms with E-state index in [9.17, 15) is 0 Å². The number of hydrogen-bond acceptors (Lipinski definition) is 1. The largest absolute Gasteiger partial charge is 0.334 e. The van der Waals surface area contributed by atoms with Crippen molar-refractivity contribution in [1.29, 1.82) is 0 Å². The van der Waals surface area contributed by atoms with Crippen molar-refractivity contribution < 1.29 is 0 Å². The second-order valence-corrected chi connectivity index (χ2v) is 4.01. The molecule has 0 saturated heterocycles. The Balaban J connectivity index is 2.03. The Bertz CT molecular complexity index is 481. The Hall–Kier alpha value is -1.83. The summed E-state index contributed by atoms with van der Waals surface area (Å²) >= 11 is 0. The first-order chi connectivity index (χ1) is 7.75. The Kier molecular flexibility index (Phi) is 3.20. The Morgan fingerprint density at radius 2 is 2.12 bits per heavy atom. The van der Waals surface area contributed by atoms with E-state index >= 15 is 0 Å². The van der Waals surface area contributed by atoms with Crippen LogP contribution in [-0.4, -0.2) is 9.55 Å². The molecular weight excluding hydrogens is 196 g/mol. The van der Waals surface area contributed by atoms with E-state index in [2.05, 4.69) is 49.2 Å². The minimum absolute atomic E-state index is 0.868. The van der Waals surface area contributed by atoms with Crippen molar-refractivity contribution in [3.05, 3.63) is 59.7 Å². The number of hydrogen-bond donors (Lipinski definition) is 0. The molecule has 0 aliphatic rings. The summed E-state index contributed by atoms with van der Waals surface area (Å²) in [4.78, 5) is 4.00. The standard InChI is InChI=1S/C14H16N2/c1-12-5-6-14(10-13(12)2)4-3-8-16-9-7-15-11-16/h3-7,9-11H,8H2,1-2H3. The highest BCUT2D eigenvalue weighted by Crippen LogP contribution is 2.11. The summed E-state index contributed by atoms with van der Waals surface area (Å²) in [5.41, 5.74) is 3.93. The minimum atomic E-state index is 0.868. The topological polar surface area (TPSA) is 17.8 Å². The molecule has 1 heterocycles. The molecule has 0 N–H and O–H groups in total. The van der Waals surface area contributed by atoms with Crippen LogP contribution in [0.2, 0.25) is 0 Å². The van der Waals surface area contributed by atoms with Crippen LogP contribution in [0.5, 0.6) is 0 Å². The molecule has 0 atom stereocenters. The summed E-state index contributed by atoms with van der Waals surface area (Å²) in [6.45, 7) is 5.14. The fourth-order valence-electron chi connectivity index (χ4n) is 1.57. The van der Waals surface area contributed by atoms with Crippen molar-refractivity contribution in [3.63, 3.8) is 0 Å². The molecular formula is C14H16N2. The summed E-state index contributed by atoms with van der Waals surface area (Å²) in [5, 5.41) is 0. The SMILES string of the molecule is Cc1ccc(C=CCn2ccnc2)cc1C. The van der Waals surface area contributed by atoms with Crippen molar-refractivity contribution in [1.82, 2.24) is 9.55 Å². The third-order valence-corrected chi connectivity index (χ3v) is 2.72. The summed E-state index contributed by atoms with van der Waals surface area (Å²) in [6.07, 6.45) is 9.87. The molecule has 2 rings (SSSR count). The maximum atomic E-state index is 4.00. The molecule has 0 aliphatic carbocycles. The molecule has 0 amide bonds. The lowest BCUT2D eigenvalue weighted by molar-refractivity contribution is 0.823. The molecule has 82 valence electrons. The number of allylic oxidation sites excluding steroid dienone is 1. The minimum Gasteiger partial charge on any atom is -0.334 e. The van der Waals surface area contributed by atoms with Gasteiger partial charge in [-0.15, -0.1) is 0 Å². The van der Waals surface area contributed by atoms with Crippen LogP contribution in [-0.2, 0) is 6.54 Å². The van der Waals surface area contributed by atoms with Crippen molar-refractivity contribution >= 4 is 6.08 Å². The molecule has 0 bridgehead atoms. The lowest BCUT2D eigenvalue weighted by atomic mass is 10.1. The van der Waals surface area contributed by atoms with Crippen molar-refractivity contribution in [3.8, 4) is 0 Å². The average molecular weight is 212 g/mol. The zero-order chi connectivity index (χ0) is 11.4. The third-order valence-electron chi connectivity index (χ3n) is 2.72. The van der Waals surface area contributed by atoms with Gasteiger partial charge in [-0.05, 0) is 30.5 Å². The quantitative estimate of drug-likeness (QED) is 0.764. The van der Waals surface area contributed by atoms with Gasteiger partial charge in [0.2, 0.25) is 0 Å². The van der Waals surface area contributed by atoms with Gasteiger partial charge in [0.05, 0.1) is 6.33 Å². The summed E-state index contributed by atoms with van der Waals surface area (Å²) in [5.74, 6) is 0. The second kappa shape index (κ2) is 4.79. The van der Waals surface area contributed by atoms with Crippen LogP contribution in [0.1, 0.15) is 16.7 Å². The number of aryl methyl sites for hydroxylation is 2. The molecule has 0 spiro atoms. The lowest BCUT2D eigenvalue weighted by Crippen LogP contribution is -1.89. The first-order valence-electron chi connectivity index (χ1n) is 5.45. The first-order valence-corrected chi connectivity index (χ1v) is 5.45. The van der Waals surface area contributed by atoms with Crippen LogP contribution in [0.15, 0.2) is 43.0 Å². The predicted molar refractivity (Wildman–Crippen MR) is 67.2 cm³/mol. The first kappa shape index (κ1) is 10.7. The zero-order valence-electron chi connectivity index (χ0n) is 9.72. The van der Waals surface area contributed by atoms with Gasteiger partial charge in [-0.3, -0.25) is 0 Å². The van der Waals surface area contributed by atoms with Gasteiger partial charge in [-0.1, -0.05) is 30.4 Å². The van der Waals surface area contributed by atoms with E-state index in [1.165, 1.54) is 16.7 Å². The van der Waals surface area contributed by atoms with Gasteiger partial charge >= 0.3 is 0 Å². The number of nitrogens with zero attached hydrogens (tertiary/aromatic N) is 2. The van der Waals surface area contributed by atoms with Crippen molar-refractivity contribution in [2.75, 3.05) is 0 Å². The van der Waals surface area contributed by atoms with Crippen LogP contribution < -0.4 is 0 Å². The van der Waals surface area contributed by atoms with Gasteiger partial charge in [0, 0.05) is 18.9 Å². The third kappa shape index (κ3) is 2.60. The van der Waals surface area contributed by atoms with E-state index in [0.29, 0.717) is 0 Å². The van der Waals surface area contributed by atoms with Gasteiger partial charge in [0.15, 0.2) is 0 Å². The summed E-state index contributed by atoms with van der Waals surface area (Å²) in [6, 6.07) is 6.51. The summed E-state index contributed by atoms with van der Waals surface area (Å²) < 4.78 is 2.04.